The van der Waals surface area contributed by atoms with Crippen LogP contribution in [0.2, 0.25) is 0 Å². The van der Waals surface area contributed by atoms with Crippen molar-refractivity contribution in [2.45, 2.75) is 31.7 Å². The fraction of sp³-hybridized carbons (Fsp3) is 0.727. The molecule has 14 heavy (non-hydrogen) atoms. The Balaban J connectivity index is 1.68. The molecular weight excluding hydrogens is 174 g/mol. The van der Waals surface area contributed by atoms with Crippen LogP contribution in [0.1, 0.15) is 25.7 Å². The lowest BCUT2D eigenvalue weighted by atomic mass is 9.95. The Labute approximate surface area is 84.5 Å². The zero-order valence-electron chi connectivity index (χ0n) is 8.61. The van der Waals surface area contributed by atoms with Crippen molar-refractivity contribution >= 4 is 5.82 Å². The van der Waals surface area contributed by atoms with Gasteiger partial charge in [-0.3, -0.25) is 4.68 Å². The Morgan fingerprint density at radius 3 is 2.93 bits per heavy atom. The van der Waals surface area contributed by atoms with E-state index in [9.17, 15) is 0 Å². The van der Waals surface area contributed by atoms with Crippen molar-refractivity contribution in [1.82, 2.24) is 9.78 Å². The molecule has 2 aliphatic carbocycles. The van der Waals surface area contributed by atoms with Crippen molar-refractivity contribution in [3.8, 4) is 0 Å². The fourth-order valence-corrected chi connectivity index (χ4v) is 3.10. The first-order chi connectivity index (χ1) is 6.81. The average Bonchev–Trinajstić information content (AvgIpc) is 2.82. The van der Waals surface area contributed by atoms with Crippen LogP contribution < -0.4 is 5.32 Å². The molecule has 1 N–H and O–H groups in total. The van der Waals surface area contributed by atoms with Gasteiger partial charge in [0.2, 0.25) is 0 Å². The Hall–Kier alpha value is -0.990. The van der Waals surface area contributed by atoms with Crippen molar-refractivity contribution < 1.29 is 0 Å². The molecule has 3 atom stereocenters. The van der Waals surface area contributed by atoms with E-state index < -0.39 is 0 Å². The van der Waals surface area contributed by atoms with E-state index in [1.54, 1.807) is 0 Å². The highest BCUT2D eigenvalue weighted by atomic mass is 15.3. The molecule has 3 heteroatoms. The smallest absolute Gasteiger partial charge is 0.148 e. The topological polar surface area (TPSA) is 29.9 Å². The lowest BCUT2D eigenvalue weighted by Crippen LogP contribution is -2.26. The van der Waals surface area contributed by atoms with Gasteiger partial charge in [0.15, 0.2) is 0 Å². The predicted octanol–water partition coefficient (Wildman–Crippen LogP) is 2.02. The van der Waals surface area contributed by atoms with Gasteiger partial charge in [-0.2, -0.15) is 5.10 Å². The summed E-state index contributed by atoms with van der Waals surface area (Å²) in [6.07, 6.45) is 7.70. The summed E-state index contributed by atoms with van der Waals surface area (Å²) in [4.78, 5) is 0. The van der Waals surface area contributed by atoms with Crippen molar-refractivity contribution in [2.24, 2.45) is 18.9 Å². The number of rotatable bonds is 2. The number of nitrogens with one attached hydrogen (secondary N) is 1. The molecule has 0 unspecified atom stereocenters. The highest BCUT2D eigenvalue weighted by Crippen LogP contribution is 2.45. The third-order valence-electron chi connectivity index (χ3n) is 3.78. The molecule has 2 saturated carbocycles. The van der Waals surface area contributed by atoms with Crippen LogP contribution in [0.4, 0.5) is 5.82 Å². The number of hydrogen-bond acceptors (Lipinski definition) is 2. The van der Waals surface area contributed by atoms with Crippen LogP contribution in [0.25, 0.3) is 0 Å². The molecule has 0 spiro atoms. The van der Waals surface area contributed by atoms with Gasteiger partial charge in [0, 0.05) is 25.4 Å². The normalized spacial score (nSPS) is 35.1. The van der Waals surface area contributed by atoms with Gasteiger partial charge >= 0.3 is 0 Å². The first-order valence-electron chi connectivity index (χ1n) is 5.57. The second-order valence-corrected chi connectivity index (χ2v) is 4.80. The van der Waals surface area contributed by atoms with Crippen molar-refractivity contribution in [2.75, 3.05) is 5.32 Å². The van der Waals surface area contributed by atoms with Gasteiger partial charge < -0.3 is 5.32 Å². The molecule has 0 aliphatic heterocycles. The summed E-state index contributed by atoms with van der Waals surface area (Å²) in [6, 6.07) is 2.76. The van der Waals surface area contributed by atoms with Crippen LogP contribution in [0.3, 0.4) is 0 Å². The number of hydrogen-bond donors (Lipinski definition) is 1. The lowest BCUT2D eigenvalue weighted by Gasteiger charge is -2.22. The molecule has 1 aromatic heterocycles. The maximum absolute atomic E-state index is 4.36. The SMILES string of the molecule is Cn1ccc(N[C@H]2C[C@H]3CC[C@@H]2C3)n1. The third kappa shape index (κ3) is 1.31. The minimum absolute atomic E-state index is 0.698. The quantitative estimate of drug-likeness (QED) is 0.775. The first-order valence-corrected chi connectivity index (χ1v) is 5.57. The van der Waals surface area contributed by atoms with Crippen LogP contribution in [0, 0.1) is 11.8 Å². The van der Waals surface area contributed by atoms with Gasteiger partial charge in [-0.25, -0.2) is 0 Å². The fourth-order valence-electron chi connectivity index (χ4n) is 3.10. The molecule has 1 aromatic rings. The number of nitrogens with zero attached hydrogens (tertiary/aromatic N) is 2. The van der Waals surface area contributed by atoms with E-state index >= 15 is 0 Å². The minimum atomic E-state index is 0.698. The molecule has 1 heterocycles. The van der Waals surface area contributed by atoms with Gasteiger partial charge in [-0.05, 0) is 31.1 Å². The third-order valence-corrected chi connectivity index (χ3v) is 3.78. The summed E-state index contributed by atoms with van der Waals surface area (Å²) in [5.41, 5.74) is 0. The van der Waals surface area contributed by atoms with E-state index in [2.05, 4.69) is 16.5 Å². The van der Waals surface area contributed by atoms with Crippen LogP contribution in [-0.2, 0) is 7.05 Å². The van der Waals surface area contributed by atoms with Gasteiger partial charge in [0.05, 0.1) is 0 Å². The number of fused-ring (bicyclic) bond motifs is 2. The highest BCUT2D eigenvalue weighted by molar-refractivity contribution is 5.34. The second kappa shape index (κ2) is 3.01. The first kappa shape index (κ1) is 8.33. The maximum Gasteiger partial charge on any atom is 0.148 e. The molecule has 0 amide bonds. The number of anilines is 1. The van der Waals surface area contributed by atoms with Gasteiger partial charge in [-0.15, -0.1) is 0 Å². The Morgan fingerprint density at radius 2 is 2.36 bits per heavy atom. The van der Waals surface area contributed by atoms with Crippen LogP contribution >= 0.6 is 0 Å². The van der Waals surface area contributed by atoms with E-state index in [4.69, 9.17) is 0 Å². The monoisotopic (exact) mass is 191 g/mol. The molecule has 76 valence electrons. The molecule has 2 fully saturated rings. The van der Waals surface area contributed by atoms with Crippen LogP contribution in [0.5, 0.6) is 0 Å². The Morgan fingerprint density at radius 1 is 1.43 bits per heavy atom. The maximum atomic E-state index is 4.36. The standard InChI is InChI=1S/C11H17N3/c1-14-5-4-11(13-14)12-10-7-8-2-3-9(10)6-8/h4-5,8-10H,2-3,6-7H2,1H3,(H,12,13)/t8-,9+,10-/m0/s1. The van der Waals surface area contributed by atoms with Crippen molar-refractivity contribution in [3.63, 3.8) is 0 Å². The Bertz CT molecular complexity index is 331. The molecule has 0 saturated heterocycles. The zero-order chi connectivity index (χ0) is 9.54. The van der Waals surface area contributed by atoms with E-state index in [0.29, 0.717) is 6.04 Å². The summed E-state index contributed by atoms with van der Waals surface area (Å²) in [5.74, 6) is 2.97. The molecule has 0 aromatic carbocycles. The van der Waals surface area contributed by atoms with E-state index in [0.717, 1.165) is 17.7 Å². The number of aromatic nitrogens is 2. The molecule has 3 nitrogen and oxygen atoms in total. The average molecular weight is 191 g/mol. The van der Waals surface area contributed by atoms with Gasteiger partial charge in [0.25, 0.3) is 0 Å². The zero-order valence-corrected chi connectivity index (χ0v) is 8.61. The minimum Gasteiger partial charge on any atom is -0.366 e. The van der Waals surface area contributed by atoms with Crippen LogP contribution in [-0.4, -0.2) is 15.8 Å². The summed E-state index contributed by atoms with van der Waals surface area (Å²) < 4.78 is 1.86. The van der Waals surface area contributed by atoms with Gasteiger partial charge in [-0.1, -0.05) is 6.42 Å². The Kier molecular flexibility index (Phi) is 1.79. The van der Waals surface area contributed by atoms with Crippen molar-refractivity contribution in [1.29, 1.82) is 0 Å². The summed E-state index contributed by atoms with van der Waals surface area (Å²) >= 11 is 0. The second-order valence-electron chi connectivity index (χ2n) is 4.80. The van der Waals surface area contributed by atoms with E-state index in [-0.39, 0.29) is 0 Å². The summed E-state index contributed by atoms with van der Waals surface area (Å²) in [7, 11) is 1.96. The molecular formula is C11H17N3. The predicted molar refractivity (Wildman–Crippen MR) is 56.1 cm³/mol. The summed E-state index contributed by atoms with van der Waals surface area (Å²) in [5, 5.41) is 7.92. The molecule has 3 rings (SSSR count). The van der Waals surface area contributed by atoms with Crippen LogP contribution in [0.15, 0.2) is 12.3 Å². The molecule has 0 radical (unpaired) electrons. The molecule has 2 bridgehead atoms. The highest BCUT2D eigenvalue weighted by Gasteiger charge is 2.39. The van der Waals surface area contributed by atoms with Gasteiger partial charge in [0.1, 0.15) is 5.82 Å². The summed E-state index contributed by atoms with van der Waals surface area (Å²) in [6.45, 7) is 0. The molecule has 2 aliphatic rings. The lowest BCUT2D eigenvalue weighted by molar-refractivity contribution is 0.438. The van der Waals surface area contributed by atoms with Crippen molar-refractivity contribution in [3.05, 3.63) is 12.3 Å². The van der Waals surface area contributed by atoms with E-state index in [1.807, 2.05) is 17.9 Å². The number of aryl methyl sites for hydroxylation is 1. The largest absolute Gasteiger partial charge is 0.366 e. The van der Waals surface area contributed by atoms with E-state index in [1.165, 1.54) is 25.7 Å².